The van der Waals surface area contributed by atoms with Crippen molar-refractivity contribution in [2.75, 3.05) is 0 Å². The second-order valence-electron chi connectivity index (χ2n) is 18.7. The van der Waals surface area contributed by atoms with Crippen LogP contribution in [0.5, 0.6) is 34.5 Å². The molecule has 0 spiro atoms. The maximum atomic E-state index is 11.3. The summed E-state index contributed by atoms with van der Waals surface area (Å²) in [6, 6.07) is 15.6. The van der Waals surface area contributed by atoms with Crippen molar-refractivity contribution in [3.63, 3.8) is 0 Å². The fourth-order valence-electron chi connectivity index (χ4n) is 6.96. The third-order valence-corrected chi connectivity index (χ3v) is 10.1. The Hall–Kier alpha value is -4.78. The number of benzene rings is 4. The molecule has 0 aliphatic carbocycles. The second kappa shape index (κ2) is 12.7. The molecule has 276 valence electrons. The fourth-order valence-corrected chi connectivity index (χ4v) is 6.96. The number of aromatic hydroxyl groups is 4. The molecular formula is C45H56N2O5. The minimum atomic E-state index is -0.489. The predicted molar refractivity (Wildman–Crippen MR) is 214 cm³/mol. The SMILES string of the molecule is CC(C)(C)c1cc(C(C)(C)C)c(C=Nc2cccc3c2Oc2c(N=Cc4c(C(C)(C)C)cc(C(C)(C)C)c(O)c4O)cccc2C3(C)C)c(O)c1O. The molecule has 0 fully saturated rings. The van der Waals surface area contributed by atoms with Gasteiger partial charge in [-0.25, -0.2) is 0 Å². The molecule has 0 amide bonds. The van der Waals surface area contributed by atoms with E-state index in [-0.39, 0.29) is 44.7 Å². The van der Waals surface area contributed by atoms with Crippen LogP contribution in [-0.4, -0.2) is 32.9 Å². The van der Waals surface area contributed by atoms with Crippen LogP contribution in [-0.2, 0) is 27.1 Å². The molecule has 0 radical (unpaired) electrons. The van der Waals surface area contributed by atoms with Gasteiger partial charge in [-0.1, -0.05) is 133 Å². The molecule has 52 heavy (non-hydrogen) atoms. The first-order valence-electron chi connectivity index (χ1n) is 18.0. The average molecular weight is 705 g/mol. The van der Waals surface area contributed by atoms with Crippen molar-refractivity contribution >= 4 is 23.8 Å². The van der Waals surface area contributed by atoms with Crippen molar-refractivity contribution < 1.29 is 25.2 Å². The van der Waals surface area contributed by atoms with Gasteiger partial charge in [0.15, 0.2) is 34.5 Å². The monoisotopic (exact) mass is 704 g/mol. The summed E-state index contributed by atoms with van der Waals surface area (Å²) in [6.07, 6.45) is 3.22. The summed E-state index contributed by atoms with van der Waals surface area (Å²) in [5, 5.41) is 44.9. The fraction of sp³-hybridized carbons (Fsp3) is 0.422. The van der Waals surface area contributed by atoms with Crippen LogP contribution in [0.25, 0.3) is 0 Å². The van der Waals surface area contributed by atoms with Crippen molar-refractivity contribution in [3.05, 3.63) is 93.0 Å². The Morgan fingerprint density at radius 1 is 0.500 bits per heavy atom. The van der Waals surface area contributed by atoms with Gasteiger partial charge < -0.3 is 25.2 Å². The van der Waals surface area contributed by atoms with E-state index in [9.17, 15) is 20.4 Å². The highest BCUT2D eigenvalue weighted by Crippen LogP contribution is 2.54. The lowest BCUT2D eigenvalue weighted by atomic mass is 9.75. The van der Waals surface area contributed by atoms with E-state index < -0.39 is 5.41 Å². The van der Waals surface area contributed by atoms with E-state index in [0.29, 0.717) is 45.1 Å². The van der Waals surface area contributed by atoms with Gasteiger partial charge in [-0.15, -0.1) is 0 Å². The Morgan fingerprint density at radius 3 is 1.13 bits per heavy atom. The van der Waals surface area contributed by atoms with E-state index in [0.717, 1.165) is 22.3 Å². The summed E-state index contributed by atoms with van der Waals surface area (Å²) >= 11 is 0. The van der Waals surface area contributed by atoms with Crippen molar-refractivity contribution in [1.82, 2.24) is 0 Å². The van der Waals surface area contributed by atoms with Gasteiger partial charge in [0.25, 0.3) is 0 Å². The van der Waals surface area contributed by atoms with E-state index in [1.165, 1.54) is 0 Å². The van der Waals surface area contributed by atoms with E-state index >= 15 is 0 Å². The van der Waals surface area contributed by atoms with E-state index in [2.05, 4.69) is 55.4 Å². The van der Waals surface area contributed by atoms with E-state index in [1.54, 1.807) is 12.4 Å². The van der Waals surface area contributed by atoms with Gasteiger partial charge >= 0.3 is 0 Å². The first kappa shape index (κ1) is 38.5. The van der Waals surface area contributed by atoms with Crippen LogP contribution in [0.2, 0.25) is 0 Å². The number of nitrogens with zero attached hydrogens (tertiary/aromatic N) is 2. The molecule has 0 aromatic heterocycles. The third-order valence-electron chi connectivity index (χ3n) is 10.1. The van der Waals surface area contributed by atoms with Crippen LogP contribution in [0.15, 0.2) is 58.5 Å². The minimum absolute atomic E-state index is 0.145. The quantitative estimate of drug-likeness (QED) is 0.125. The largest absolute Gasteiger partial charge is 0.504 e. The summed E-state index contributed by atoms with van der Waals surface area (Å²) in [4.78, 5) is 9.77. The Bertz CT molecular complexity index is 1960. The lowest BCUT2D eigenvalue weighted by Gasteiger charge is -2.35. The van der Waals surface area contributed by atoms with Crippen molar-refractivity contribution in [2.24, 2.45) is 9.98 Å². The van der Waals surface area contributed by atoms with Crippen molar-refractivity contribution in [2.45, 2.75) is 124 Å². The Balaban J connectivity index is 1.64. The van der Waals surface area contributed by atoms with Gasteiger partial charge in [-0.05, 0) is 44.9 Å². The molecule has 0 unspecified atom stereocenters. The number of hydrogen-bond donors (Lipinski definition) is 4. The molecule has 7 heteroatoms. The molecule has 1 aliphatic rings. The zero-order chi connectivity index (χ0) is 38.9. The molecule has 0 saturated heterocycles. The van der Waals surface area contributed by atoms with Gasteiger partial charge in [-0.3, -0.25) is 9.98 Å². The summed E-state index contributed by atoms with van der Waals surface area (Å²) in [5.74, 6) is 0.441. The molecule has 0 saturated carbocycles. The number of aliphatic imine (C=N–C) groups is 2. The predicted octanol–water partition coefficient (Wildman–Crippen LogP) is 11.6. The third kappa shape index (κ3) is 6.90. The minimum Gasteiger partial charge on any atom is -0.504 e. The molecule has 5 rings (SSSR count). The van der Waals surface area contributed by atoms with Crippen LogP contribution >= 0.6 is 0 Å². The number of phenols is 4. The van der Waals surface area contributed by atoms with Crippen LogP contribution in [0.3, 0.4) is 0 Å². The maximum Gasteiger partial charge on any atom is 0.167 e. The Labute approximate surface area is 309 Å². The molecule has 4 aromatic carbocycles. The lowest BCUT2D eigenvalue weighted by molar-refractivity contribution is 0.386. The standard InChI is InChI=1S/C45H56N2O5/c1-41(2,3)29-21-31(43(7,8)9)37(50)35(48)25(29)23-46-33-19-15-17-27-39(33)52-40-28(45(27,13)14)18-16-20-34(40)47-24-26-30(42(4,5)6)22-32(44(10,11)12)38(51)36(26)49/h15-24,48-51H,1-14H3. The number of para-hydroxylation sites is 2. The first-order valence-corrected chi connectivity index (χ1v) is 18.0. The molecular weight excluding hydrogens is 649 g/mol. The smallest absolute Gasteiger partial charge is 0.167 e. The molecule has 4 N–H and O–H groups in total. The van der Waals surface area contributed by atoms with Crippen LogP contribution in [0.1, 0.15) is 141 Å². The van der Waals surface area contributed by atoms with E-state index in [1.807, 2.05) is 90.1 Å². The van der Waals surface area contributed by atoms with Gasteiger partial charge in [0.1, 0.15) is 11.4 Å². The maximum absolute atomic E-state index is 11.3. The Morgan fingerprint density at radius 2 is 0.827 bits per heavy atom. The van der Waals surface area contributed by atoms with Gasteiger partial charge in [0.05, 0.1) is 0 Å². The molecule has 0 bridgehead atoms. The van der Waals surface area contributed by atoms with E-state index in [4.69, 9.17) is 14.7 Å². The second-order valence-corrected chi connectivity index (χ2v) is 18.7. The first-order chi connectivity index (χ1) is 23.8. The molecule has 0 atom stereocenters. The highest BCUT2D eigenvalue weighted by Gasteiger charge is 2.37. The average Bonchev–Trinajstić information content (AvgIpc) is 3.00. The number of hydrogen-bond acceptors (Lipinski definition) is 7. The highest BCUT2D eigenvalue weighted by molar-refractivity contribution is 5.92. The number of fused-ring (bicyclic) bond motifs is 2. The number of phenolic OH excluding ortho intramolecular Hbond substituents is 4. The molecule has 1 aliphatic heterocycles. The molecule has 7 nitrogen and oxygen atoms in total. The van der Waals surface area contributed by atoms with Crippen molar-refractivity contribution in [3.8, 4) is 34.5 Å². The van der Waals surface area contributed by atoms with Gasteiger partial charge in [-0.2, -0.15) is 0 Å². The van der Waals surface area contributed by atoms with Crippen molar-refractivity contribution in [1.29, 1.82) is 0 Å². The summed E-state index contributed by atoms with van der Waals surface area (Å²) in [5.41, 5.74) is 5.02. The molecule has 1 heterocycles. The zero-order valence-electron chi connectivity index (χ0n) is 33.4. The van der Waals surface area contributed by atoms with Crippen LogP contribution < -0.4 is 4.74 Å². The summed E-state index contributed by atoms with van der Waals surface area (Å²) in [7, 11) is 0. The van der Waals surface area contributed by atoms with Gasteiger partial charge in [0.2, 0.25) is 0 Å². The van der Waals surface area contributed by atoms with Crippen LogP contribution in [0.4, 0.5) is 11.4 Å². The number of ether oxygens (including phenoxy) is 1. The summed E-state index contributed by atoms with van der Waals surface area (Å²) < 4.78 is 6.73. The van der Waals surface area contributed by atoms with Gasteiger partial charge in [0, 0.05) is 51.2 Å². The lowest BCUT2D eigenvalue weighted by Crippen LogP contribution is -2.24. The number of rotatable bonds is 4. The zero-order valence-corrected chi connectivity index (χ0v) is 33.4. The molecule has 4 aromatic rings. The highest BCUT2D eigenvalue weighted by atomic mass is 16.5. The topological polar surface area (TPSA) is 115 Å². The normalized spacial score (nSPS) is 14.8. The Kier molecular flexibility index (Phi) is 9.40. The van der Waals surface area contributed by atoms with Crippen LogP contribution in [0, 0.1) is 0 Å². The summed E-state index contributed by atoms with van der Waals surface area (Å²) in [6.45, 7) is 28.7.